The predicted molar refractivity (Wildman–Crippen MR) is 85.8 cm³/mol. The number of hydrogen-bond acceptors (Lipinski definition) is 4. The molecule has 19 heavy (non-hydrogen) atoms. The van der Waals surface area contributed by atoms with Crippen molar-refractivity contribution >= 4 is 16.5 Å². The Morgan fingerprint density at radius 1 is 1.21 bits per heavy atom. The van der Waals surface area contributed by atoms with E-state index in [0.717, 1.165) is 37.7 Å². The molecule has 0 fully saturated rings. The van der Waals surface area contributed by atoms with Gasteiger partial charge in [0.2, 0.25) is 0 Å². The van der Waals surface area contributed by atoms with Crippen LogP contribution in [0.4, 0.5) is 5.13 Å². The van der Waals surface area contributed by atoms with Gasteiger partial charge in [-0.15, -0.1) is 11.3 Å². The first kappa shape index (κ1) is 16.4. The number of rotatable bonds is 9. The monoisotopic (exact) mass is 283 g/mol. The molecule has 0 bridgehead atoms. The van der Waals surface area contributed by atoms with Gasteiger partial charge in [0.05, 0.1) is 0 Å². The molecule has 4 heteroatoms. The summed E-state index contributed by atoms with van der Waals surface area (Å²) in [7, 11) is 0. The zero-order chi connectivity index (χ0) is 14.3. The van der Waals surface area contributed by atoms with Crippen LogP contribution >= 0.6 is 11.3 Å². The van der Waals surface area contributed by atoms with Gasteiger partial charge in [0.15, 0.2) is 5.13 Å². The summed E-state index contributed by atoms with van der Waals surface area (Å²) in [5.74, 6) is 1.42. The van der Waals surface area contributed by atoms with Crippen molar-refractivity contribution in [2.75, 3.05) is 25.0 Å². The molecule has 0 aliphatic heterocycles. The Morgan fingerprint density at radius 2 is 1.84 bits per heavy atom. The second-order valence-corrected chi connectivity index (χ2v) is 7.16. The molecular formula is C15H29N3S. The van der Waals surface area contributed by atoms with E-state index in [2.05, 4.69) is 49.8 Å². The molecule has 0 atom stereocenters. The first-order valence-electron chi connectivity index (χ1n) is 7.42. The average Bonchev–Trinajstić information content (AvgIpc) is 2.72. The standard InChI is InChI=1S/C15H29N3S/c1-6-7-16-15-17-8-14(19-15)11-18(9-12(2)3)10-13(4)5/h8,12-13H,6-7,9-11H2,1-5H3,(H,16,17). The van der Waals surface area contributed by atoms with Gasteiger partial charge in [-0.25, -0.2) is 4.98 Å². The van der Waals surface area contributed by atoms with Gasteiger partial charge in [-0.2, -0.15) is 0 Å². The van der Waals surface area contributed by atoms with Gasteiger partial charge < -0.3 is 5.32 Å². The molecule has 1 N–H and O–H groups in total. The van der Waals surface area contributed by atoms with E-state index in [1.54, 1.807) is 11.3 Å². The van der Waals surface area contributed by atoms with Crippen LogP contribution in [0.15, 0.2) is 6.20 Å². The van der Waals surface area contributed by atoms with Crippen molar-refractivity contribution in [1.29, 1.82) is 0 Å². The first-order chi connectivity index (χ1) is 9.01. The van der Waals surface area contributed by atoms with E-state index in [0.29, 0.717) is 11.8 Å². The van der Waals surface area contributed by atoms with E-state index in [9.17, 15) is 0 Å². The van der Waals surface area contributed by atoms with Crippen LogP contribution in [0.3, 0.4) is 0 Å². The fourth-order valence-corrected chi connectivity index (χ4v) is 3.03. The maximum Gasteiger partial charge on any atom is 0.182 e. The van der Waals surface area contributed by atoms with Crippen LogP contribution in [-0.4, -0.2) is 29.5 Å². The van der Waals surface area contributed by atoms with Crippen LogP contribution in [0, 0.1) is 11.8 Å². The van der Waals surface area contributed by atoms with Gasteiger partial charge in [0.1, 0.15) is 0 Å². The predicted octanol–water partition coefficient (Wildman–Crippen LogP) is 4.08. The summed E-state index contributed by atoms with van der Waals surface area (Å²) in [6, 6.07) is 0. The minimum Gasteiger partial charge on any atom is -0.362 e. The van der Waals surface area contributed by atoms with Crippen molar-refractivity contribution in [3.05, 3.63) is 11.1 Å². The highest BCUT2D eigenvalue weighted by Gasteiger charge is 2.12. The minimum absolute atomic E-state index is 0.712. The van der Waals surface area contributed by atoms with E-state index >= 15 is 0 Å². The Hall–Kier alpha value is -0.610. The molecule has 1 aromatic heterocycles. The molecule has 0 saturated carbocycles. The lowest BCUT2D eigenvalue weighted by atomic mass is 10.1. The number of hydrogen-bond donors (Lipinski definition) is 1. The third kappa shape index (κ3) is 6.92. The van der Waals surface area contributed by atoms with Crippen molar-refractivity contribution in [2.24, 2.45) is 11.8 Å². The third-order valence-corrected chi connectivity index (χ3v) is 3.65. The zero-order valence-corrected chi connectivity index (χ0v) is 13.9. The Kier molecular flexibility index (Phi) is 7.39. The lowest BCUT2D eigenvalue weighted by Crippen LogP contribution is -2.30. The zero-order valence-electron chi connectivity index (χ0n) is 13.1. The molecule has 0 saturated heterocycles. The summed E-state index contributed by atoms with van der Waals surface area (Å²) in [6.45, 7) is 15.7. The van der Waals surface area contributed by atoms with E-state index in [4.69, 9.17) is 0 Å². The Bertz CT molecular complexity index is 337. The van der Waals surface area contributed by atoms with Crippen LogP contribution in [0.2, 0.25) is 0 Å². The number of nitrogens with one attached hydrogen (secondary N) is 1. The fraction of sp³-hybridized carbons (Fsp3) is 0.800. The Morgan fingerprint density at radius 3 is 2.37 bits per heavy atom. The summed E-state index contributed by atoms with van der Waals surface area (Å²) in [6.07, 6.45) is 3.16. The van der Waals surface area contributed by atoms with Gasteiger partial charge >= 0.3 is 0 Å². The molecule has 110 valence electrons. The molecule has 0 aliphatic carbocycles. The van der Waals surface area contributed by atoms with E-state index in [1.807, 2.05) is 6.20 Å². The Balaban J connectivity index is 2.54. The molecule has 1 heterocycles. The molecule has 0 radical (unpaired) electrons. The maximum atomic E-state index is 4.45. The molecule has 3 nitrogen and oxygen atoms in total. The highest BCUT2D eigenvalue weighted by atomic mass is 32.1. The molecular weight excluding hydrogens is 254 g/mol. The molecule has 0 aromatic carbocycles. The highest BCUT2D eigenvalue weighted by molar-refractivity contribution is 7.15. The normalized spacial score (nSPS) is 11.8. The second-order valence-electron chi connectivity index (χ2n) is 6.04. The van der Waals surface area contributed by atoms with Crippen LogP contribution < -0.4 is 5.32 Å². The van der Waals surface area contributed by atoms with Crippen molar-refractivity contribution in [2.45, 2.75) is 47.6 Å². The molecule has 1 aromatic rings. The third-order valence-electron chi connectivity index (χ3n) is 2.71. The van der Waals surface area contributed by atoms with Gasteiger partial charge in [0.25, 0.3) is 0 Å². The van der Waals surface area contributed by atoms with Gasteiger partial charge in [-0.1, -0.05) is 34.6 Å². The Labute approximate surface area is 122 Å². The summed E-state index contributed by atoms with van der Waals surface area (Å²) < 4.78 is 0. The SMILES string of the molecule is CCCNc1ncc(CN(CC(C)C)CC(C)C)s1. The molecule has 0 amide bonds. The lowest BCUT2D eigenvalue weighted by Gasteiger charge is -2.25. The quantitative estimate of drug-likeness (QED) is 0.740. The highest BCUT2D eigenvalue weighted by Crippen LogP contribution is 2.20. The first-order valence-corrected chi connectivity index (χ1v) is 8.23. The minimum atomic E-state index is 0.712. The average molecular weight is 283 g/mol. The summed E-state index contributed by atoms with van der Waals surface area (Å²) in [5, 5.41) is 4.42. The van der Waals surface area contributed by atoms with E-state index in [1.165, 1.54) is 4.88 Å². The molecule has 0 aliphatic rings. The molecule has 1 rings (SSSR count). The number of anilines is 1. The van der Waals surface area contributed by atoms with Gasteiger partial charge in [-0.3, -0.25) is 4.90 Å². The maximum absolute atomic E-state index is 4.45. The van der Waals surface area contributed by atoms with Gasteiger partial charge in [0, 0.05) is 37.3 Å². The smallest absolute Gasteiger partial charge is 0.182 e. The number of nitrogens with zero attached hydrogens (tertiary/aromatic N) is 2. The van der Waals surface area contributed by atoms with Gasteiger partial charge in [-0.05, 0) is 18.3 Å². The van der Waals surface area contributed by atoms with E-state index in [-0.39, 0.29) is 0 Å². The van der Waals surface area contributed by atoms with Crippen LogP contribution in [0.1, 0.15) is 45.9 Å². The van der Waals surface area contributed by atoms with Crippen molar-refractivity contribution in [3.8, 4) is 0 Å². The molecule has 0 unspecified atom stereocenters. The van der Waals surface area contributed by atoms with Crippen molar-refractivity contribution < 1.29 is 0 Å². The topological polar surface area (TPSA) is 28.2 Å². The van der Waals surface area contributed by atoms with Crippen LogP contribution in [-0.2, 0) is 6.54 Å². The summed E-state index contributed by atoms with van der Waals surface area (Å²) >= 11 is 1.79. The van der Waals surface area contributed by atoms with Crippen molar-refractivity contribution in [3.63, 3.8) is 0 Å². The lowest BCUT2D eigenvalue weighted by molar-refractivity contribution is 0.213. The fourth-order valence-electron chi connectivity index (χ4n) is 2.15. The summed E-state index contributed by atoms with van der Waals surface area (Å²) in [4.78, 5) is 8.35. The van der Waals surface area contributed by atoms with E-state index < -0.39 is 0 Å². The van der Waals surface area contributed by atoms with Crippen LogP contribution in [0.5, 0.6) is 0 Å². The summed E-state index contributed by atoms with van der Waals surface area (Å²) in [5.41, 5.74) is 0. The largest absolute Gasteiger partial charge is 0.362 e. The number of thiazole rings is 1. The van der Waals surface area contributed by atoms with Crippen molar-refractivity contribution in [1.82, 2.24) is 9.88 Å². The second kappa shape index (κ2) is 8.54. The van der Waals surface area contributed by atoms with Crippen LogP contribution in [0.25, 0.3) is 0 Å². The molecule has 0 spiro atoms. The number of aromatic nitrogens is 1.